The second kappa shape index (κ2) is 11.8. The van der Waals surface area contributed by atoms with Crippen molar-refractivity contribution < 1.29 is 0 Å². The van der Waals surface area contributed by atoms with E-state index in [0.717, 1.165) is 45.2 Å². The lowest BCUT2D eigenvalue weighted by molar-refractivity contribution is 0.188. The van der Waals surface area contributed by atoms with Gasteiger partial charge in [0.1, 0.15) is 0 Å². The summed E-state index contributed by atoms with van der Waals surface area (Å²) in [6, 6.07) is 1.03. The highest BCUT2D eigenvalue weighted by Crippen LogP contribution is 2.27. The molecule has 1 aromatic heterocycles. The zero-order valence-corrected chi connectivity index (χ0v) is 19.4. The van der Waals surface area contributed by atoms with Crippen LogP contribution in [0.4, 0.5) is 0 Å². The van der Waals surface area contributed by atoms with E-state index in [0.29, 0.717) is 18.0 Å². The number of guanidine groups is 1. The highest BCUT2D eigenvalue weighted by atomic mass is 127. The van der Waals surface area contributed by atoms with E-state index in [4.69, 9.17) is 4.99 Å². The smallest absolute Gasteiger partial charge is 0.194 e. The van der Waals surface area contributed by atoms with Gasteiger partial charge < -0.3 is 14.8 Å². The molecule has 1 aliphatic rings. The molecular formula is C19H37IN6. The predicted molar refractivity (Wildman–Crippen MR) is 120 cm³/mol. The van der Waals surface area contributed by atoms with Crippen LogP contribution in [0.5, 0.6) is 0 Å². The fraction of sp³-hybridized carbons (Fsp3) is 0.789. The first-order valence-corrected chi connectivity index (χ1v) is 9.81. The molecule has 2 atom stereocenters. The van der Waals surface area contributed by atoms with E-state index in [1.165, 1.54) is 6.42 Å². The van der Waals surface area contributed by atoms with Gasteiger partial charge in [-0.05, 0) is 39.7 Å². The number of hydrogen-bond donors (Lipinski definition) is 1. The minimum absolute atomic E-state index is 0. The van der Waals surface area contributed by atoms with E-state index in [1.54, 1.807) is 0 Å². The lowest BCUT2D eigenvalue weighted by Gasteiger charge is -2.39. The minimum atomic E-state index is 0. The Hall–Kier alpha value is -0.830. The number of nitrogens with one attached hydrogen (secondary N) is 1. The Bertz CT molecular complexity index is 516. The zero-order chi connectivity index (χ0) is 18.2. The van der Waals surface area contributed by atoms with Gasteiger partial charge in [-0.3, -0.25) is 9.89 Å². The number of halogens is 1. The minimum Gasteiger partial charge on any atom is -0.357 e. The molecule has 1 aromatic rings. The molecule has 7 heteroatoms. The lowest BCUT2D eigenvalue weighted by atomic mass is 9.93. The van der Waals surface area contributed by atoms with E-state index in [9.17, 15) is 0 Å². The Morgan fingerprint density at radius 1 is 1.38 bits per heavy atom. The Morgan fingerprint density at radius 2 is 2.15 bits per heavy atom. The maximum atomic E-state index is 4.91. The van der Waals surface area contributed by atoms with E-state index in [2.05, 4.69) is 65.5 Å². The summed E-state index contributed by atoms with van der Waals surface area (Å²) in [5.74, 6) is 1.71. The highest BCUT2D eigenvalue weighted by molar-refractivity contribution is 14.0. The molecule has 0 saturated carbocycles. The third kappa shape index (κ3) is 6.40. The van der Waals surface area contributed by atoms with Crippen LogP contribution >= 0.6 is 24.0 Å². The molecule has 0 aromatic carbocycles. The maximum absolute atomic E-state index is 4.91. The van der Waals surface area contributed by atoms with E-state index >= 15 is 0 Å². The summed E-state index contributed by atoms with van der Waals surface area (Å²) in [4.78, 5) is 14.0. The Balaban J connectivity index is 0.00000338. The molecular weight excluding hydrogens is 439 g/mol. The van der Waals surface area contributed by atoms with Gasteiger partial charge in [0.2, 0.25) is 0 Å². The second-order valence-corrected chi connectivity index (χ2v) is 7.25. The van der Waals surface area contributed by atoms with Crippen LogP contribution in [0, 0.1) is 5.92 Å². The lowest BCUT2D eigenvalue weighted by Crippen LogP contribution is -2.49. The van der Waals surface area contributed by atoms with Crippen LogP contribution in [0.2, 0.25) is 0 Å². The molecule has 0 radical (unpaired) electrons. The van der Waals surface area contributed by atoms with Crippen molar-refractivity contribution in [2.75, 3.05) is 39.3 Å². The van der Waals surface area contributed by atoms with E-state index in [1.807, 2.05) is 12.5 Å². The topological polar surface area (TPSA) is 48.7 Å². The fourth-order valence-corrected chi connectivity index (χ4v) is 3.59. The standard InChI is InChI=1S/C19H36N6.HI/c1-6-21-19(22-10-13-23(7-2)16(3)4)24-11-8-17(5)18(14-24)25-12-9-20-15-25;/h9,12,15-18H,6-8,10-11,13-14H2,1-5H3,(H,21,22);1H. The molecule has 2 unspecified atom stereocenters. The van der Waals surface area contributed by atoms with Crippen LogP contribution in [0.25, 0.3) is 0 Å². The van der Waals surface area contributed by atoms with Crippen molar-refractivity contribution in [3.8, 4) is 0 Å². The third-order valence-corrected chi connectivity index (χ3v) is 5.25. The molecule has 2 heterocycles. The number of imidazole rings is 1. The molecule has 2 rings (SSSR count). The van der Waals surface area contributed by atoms with Gasteiger partial charge in [0.25, 0.3) is 0 Å². The molecule has 0 amide bonds. The van der Waals surface area contributed by atoms with Crippen LogP contribution in [0.3, 0.4) is 0 Å². The van der Waals surface area contributed by atoms with Gasteiger partial charge in [-0.1, -0.05) is 13.8 Å². The third-order valence-electron chi connectivity index (χ3n) is 5.25. The van der Waals surface area contributed by atoms with Crippen LogP contribution in [-0.4, -0.2) is 70.6 Å². The number of piperidine rings is 1. The van der Waals surface area contributed by atoms with Crippen molar-refractivity contribution in [3.63, 3.8) is 0 Å². The SMILES string of the molecule is CCNC(=NCCN(CC)C(C)C)N1CCC(C)C(n2ccnc2)C1.I. The quantitative estimate of drug-likeness (QED) is 0.374. The number of likely N-dealkylation sites (tertiary alicyclic amines) is 1. The number of aromatic nitrogens is 2. The Kier molecular flexibility index (Phi) is 10.5. The van der Waals surface area contributed by atoms with Crippen LogP contribution in [0.1, 0.15) is 47.1 Å². The Morgan fingerprint density at radius 3 is 2.73 bits per heavy atom. The van der Waals surface area contributed by atoms with Gasteiger partial charge in [0, 0.05) is 44.6 Å². The molecule has 1 fully saturated rings. The molecule has 26 heavy (non-hydrogen) atoms. The molecule has 0 bridgehead atoms. The summed E-state index contributed by atoms with van der Waals surface area (Å²) < 4.78 is 2.25. The summed E-state index contributed by atoms with van der Waals surface area (Å²) in [6.45, 7) is 17.1. The Labute approximate surface area is 176 Å². The summed E-state index contributed by atoms with van der Waals surface area (Å²) in [5.41, 5.74) is 0. The fourth-order valence-electron chi connectivity index (χ4n) is 3.59. The first-order chi connectivity index (χ1) is 12.1. The second-order valence-electron chi connectivity index (χ2n) is 7.25. The van der Waals surface area contributed by atoms with Crippen molar-refractivity contribution >= 4 is 29.9 Å². The zero-order valence-electron chi connectivity index (χ0n) is 17.1. The molecule has 0 spiro atoms. The number of likely N-dealkylation sites (N-methyl/N-ethyl adjacent to an activating group) is 1. The molecule has 1 saturated heterocycles. The number of rotatable bonds is 7. The van der Waals surface area contributed by atoms with Gasteiger partial charge in [-0.25, -0.2) is 4.98 Å². The van der Waals surface area contributed by atoms with Crippen molar-refractivity contribution in [2.24, 2.45) is 10.9 Å². The number of hydrogen-bond acceptors (Lipinski definition) is 3. The average molecular weight is 476 g/mol. The van der Waals surface area contributed by atoms with Gasteiger partial charge in [0.05, 0.1) is 18.9 Å². The maximum Gasteiger partial charge on any atom is 0.194 e. The van der Waals surface area contributed by atoms with Crippen LogP contribution in [-0.2, 0) is 0 Å². The predicted octanol–water partition coefficient (Wildman–Crippen LogP) is 3.08. The molecule has 0 aliphatic carbocycles. The summed E-state index contributed by atoms with van der Waals surface area (Å²) in [5, 5.41) is 3.49. The molecule has 1 aliphatic heterocycles. The first-order valence-electron chi connectivity index (χ1n) is 9.81. The van der Waals surface area contributed by atoms with Crippen molar-refractivity contribution in [1.82, 2.24) is 24.7 Å². The van der Waals surface area contributed by atoms with Crippen molar-refractivity contribution in [3.05, 3.63) is 18.7 Å². The summed E-state index contributed by atoms with van der Waals surface area (Å²) in [6.07, 6.45) is 7.07. The van der Waals surface area contributed by atoms with Crippen LogP contribution < -0.4 is 5.32 Å². The number of nitrogens with zero attached hydrogens (tertiary/aromatic N) is 5. The van der Waals surface area contributed by atoms with E-state index < -0.39 is 0 Å². The van der Waals surface area contributed by atoms with Gasteiger partial charge in [-0.15, -0.1) is 24.0 Å². The normalized spacial score (nSPS) is 21.2. The van der Waals surface area contributed by atoms with Gasteiger partial charge in [0.15, 0.2) is 5.96 Å². The summed E-state index contributed by atoms with van der Waals surface area (Å²) in [7, 11) is 0. The van der Waals surface area contributed by atoms with Gasteiger partial charge >= 0.3 is 0 Å². The molecule has 1 N–H and O–H groups in total. The van der Waals surface area contributed by atoms with Crippen LogP contribution in [0.15, 0.2) is 23.7 Å². The largest absolute Gasteiger partial charge is 0.357 e. The highest BCUT2D eigenvalue weighted by Gasteiger charge is 2.28. The van der Waals surface area contributed by atoms with Gasteiger partial charge in [-0.2, -0.15) is 0 Å². The molecule has 150 valence electrons. The van der Waals surface area contributed by atoms with E-state index in [-0.39, 0.29) is 24.0 Å². The molecule has 6 nitrogen and oxygen atoms in total. The summed E-state index contributed by atoms with van der Waals surface area (Å²) >= 11 is 0. The number of aliphatic imine (C=N–C) groups is 1. The average Bonchev–Trinajstić information content (AvgIpc) is 3.12. The van der Waals surface area contributed by atoms with Crippen molar-refractivity contribution in [1.29, 1.82) is 0 Å². The van der Waals surface area contributed by atoms with Crippen molar-refractivity contribution in [2.45, 2.75) is 53.1 Å². The monoisotopic (exact) mass is 476 g/mol. The first kappa shape index (κ1) is 23.2.